The summed E-state index contributed by atoms with van der Waals surface area (Å²) in [4.78, 5) is 19.3. The SMILES string of the molecule is CC(C)CCNc1nc(CN2CCCC(C)C2)sc1C(=O)Oc1c(F)c(F)c(F)c(F)c1F. The van der Waals surface area contributed by atoms with Crippen LogP contribution >= 0.6 is 11.3 Å². The van der Waals surface area contributed by atoms with Crippen molar-refractivity contribution in [2.45, 2.75) is 46.6 Å². The van der Waals surface area contributed by atoms with Crippen LogP contribution in [-0.4, -0.2) is 35.5 Å². The van der Waals surface area contributed by atoms with E-state index in [1.54, 1.807) is 0 Å². The molecule has 1 aromatic carbocycles. The van der Waals surface area contributed by atoms with Crippen LogP contribution in [0, 0.1) is 40.9 Å². The molecule has 1 aromatic heterocycles. The Kier molecular flexibility index (Phi) is 8.28. The fourth-order valence-corrected chi connectivity index (χ4v) is 4.56. The summed E-state index contributed by atoms with van der Waals surface area (Å²) in [6.45, 7) is 8.90. The van der Waals surface area contributed by atoms with Gasteiger partial charge in [-0.05, 0) is 37.6 Å². The van der Waals surface area contributed by atoms with Crippen molar-refractivity contribution in [3.8, 4) is 5.75 Å². The molecule has 0 radical (unpaired) electrons. The van der Waals surface area contributed by atoms with Gasteiger partial charge in [0.1, 0.15) is 5.01 Å². The monoisotopic (exact) mass is 491 g/mol. The maximum Gasteiger partial charge on any atom is 0.357 e. The Morgan fingerprint density at radius 2 is 1.79 bits per heavy atom. The second kappa shape index (κ2) is 10.8. The zero-order valence-corrected chi connectivity index (χ0v) is 19.4. The van der Waals surface area contributed by atoms with Crippen LogP contribution in [0.25, 0.3) is 0 Å². The van der Waals surface area contributed by atoms with Crippen LogP contribution in [0.3, 0.4) is 0 Å². The minimum Gasteiger partial charge on any atom is -0.416 e. The molecule has 1 atom stereocenters. The highest BCUT2D eigenvalue weighted by Gasteiger charge is 2.30. The van der Waals surface area contributed by atoms with Gasteiger partial charge < -0.3 is 10.1 Å². The molecule has 0 amide bonds. The van der Waals surface area contributed by atoms with Crippen molar-refractivity contribution >= 4 is 23.1 Å². The van der Waals surface area contributed by atoms with E-state index in [4.69, 9.17) is 0 Å². The Bertz CT molecular complexity index is 985. The number of esters is 1. The number of aromatic nitrogens is 1. The summed E-state index contributed by atoms with van der Waals surface area (Å²) in [5, 5.41) is 3.61. The van der Waals surface area contributed by atoms with Crippen LogP contribution < -0.4 is 10.1 Å². The molecule has 1 saturated heterocycles. The topological polar surface area (TPSA) is 54.5 Å². The van der Waals surface area contributed by atoms with Crippen molar-refractivity contribution in [1.82, 2.24) is 9.88 Å². The van der Waals surface area contributed by atoms with Gasteiger partial charge in [-0.3, -0.25) is 4.90 Å². The molecule has 5 nitrogen and oxygen atoms in total. The summed E-state index contributed by atoms with van der Waals surface area (Å²) in [7, 11) is 0. The number of piperidine rings is 1. The average Bonchev–Trinajstić information content (AvgIpc) is 3.16. The van der Waals surface area contributed by atoms with Gasteiger partial charge in [-0.15, -0.1) is 11.3 Å². The van der Waals surface area contributed by atoms with Crippen molar-refractivity contribution in [2.24, 2.45) is 11.8 Å². The zero-order valence-electron chi connectivity index (χ0n) is 18.6. The van der Waals surface area contributed by atoms with Crippen molar-refractivity contribution in [3.05, 3.63) is 39.0 Å². The molecule has 3 rings (SSSR count). The second-order valence-corrected chi connectivity index (χ2v) is 9.75. The molecule has 2 heterocycles. The lowest BCUT2D eigenvalue weighted by Gasteiger charge is -2.29. The first kappa shape index (κ1) is 25.4. The minimum absolute atomic E-state index is 0.0947. The number of carbonyl (C=O) groups is 1. The molecule has 11 heteroatoms. The highest BCUT2D eigenvalue weighted by Crippen LogP contribution is 2.32. The van der Waals surface area contributed by atoms with Crippen LogP contribution in [0.5, 0.6) is 5.75 Å². The van der Waals surface area contributed by atoms with E-state index in [1.807, 2.05) is 13.8 Å². The number of hydrogen-bond donors (Lipinski definition) is 1. The van der Waals surface area contributed by atoms with Gasteiger partial charge in [-0.25, -0.2) is 22.9 Å². The van der Waals surface area contributed by atoms with Gasteiger partial charge >= 0.3 is 5.97 Å². The van der Waals surface area contributed by atoms with E-state index < -0.39 is 40.8 Å². The summed E-state index contributed by atoms with van der Waals surface area (Å²) >= 11 is 0.968. The van der Waals surface area contributed by atoms with E-state index in [-0.39, 0.29) is 10.7 Å². The third-order valence-corrected chi connectivity index (χ3v) is 6.36. The summed E-state index contributed by atoms with van der Waals surface area (Å²) < 4.78 is 72.9. The zero-order chi connectivity index (χ0) is 24.3. The smallest absolute Gasteiger partial charge is 0.357 e. The maximum atomic E-state index is 14.0. The molecule has 33 heavy (non-hydrogen) atoms. The number of thiazole rings is 1. The third-order valence-electron chi connectivity index (χ3n) is 5.34. The van der Waals surface area contributed by atoms with Gasteiger partial charge in [-0.2, -0.15) is 8.78 Å². The molecule has 1 N–H and O–H groups in total. The number of ether oxygens (including phenoxy) is 1. The van der Waals surface area contributed by atoms with Crippen LogP contribution in [0.1, 0.15) is 54.7 Å². The van der Waals surface area contributed by atoms with Crippen LogP contribution in [0.15, 0.2) is 0 Å². The first-order chi connectivity index (χ1) is 15.6. The molecular weight excluding hydrogens is 465 g/mol. The summed E-state index contributed by atoms with van der Waals surface area (Å²) in [6.07, 6.45) is 2.94. The number of carbonyl (C=O) groups excluding carboxylic acids is 1. The third kappa shape index (κ3) is 6.00. The number of anilines is 1. The normalized spacial score (nSPS) is 16.9. The van der Waals surface area contributed by atoms with E-state index in [2.05, 4.69) is 26.9 Å². The quantitative estimate of drug-likeness (QED) is 0.168. The lowest BCUT2D eigenvalue weighted by atomic mass is 10.0. The van der Waals surface area contributed by atoms with E-state index in [0.29, 0.717) is 29.9 Å². The van der Waals surface area contributed by atoms with Gasteiger partial charge in [0.2, 0.25) is 34.8 Å². The number of nitrogens with zero attached hydrogens (tertiary/aromatic N) is 2. The van der Waals surface area contributed by atoms with E-state index in [1.165, 1.54) is 0 Å². The van der Waals surface area contributed by atoms with E-state index in [9.17, 15) is 26.7 Å². The Morgan fingerprint density at radius 1 is 1.15 bits per heavy atom. The molecule has 1 aliphatic rings. The Labute approximate surface area is 192 Å². The molecule has 1 fully saturated rings. The predicted octanol–water partition coefficient (Wildman–Crippen LogP) is 5.75. The van der Waals surface area contributed by atoms with Crippen molar-refractivity contribution in [2.75, 3.05) is 25.0 Å². The van der Waals surface area contributed by atoms with Crippen molar-refractivity contribution < 1.29 is 31.5 Å². The number of rotatable bonds is 8. The highest BCUT2D eigenvalue weighted by atomic mass is 32.1. The maximum absolute atomic E-state index is 14.0. The number of hydrogen-bond acceptors (Lipinski definition) is 6. The molecular formula is C22H26F5N3O2S. The van der Waals surface area contributed by atoms with Gasteiger partial charge in [0.05, 0.1) is 6.54 Å². The molecule has 2 aromatic rings. The van der Waals surface area contributed by atoms with Crippen molar-refractivity contribution in [3.63, 3.8) is 0 Å². The summed E-state index contributed by atoms with van der Waals surface area (Å²) in [5.74, 6) is -12.9. The fraction of sp³-hybridized carbons (Fsp3) is 0.545. The lowest BCUT2D eigenvalue weighted by molar-refractivity contribution is 0.0722. The number of nitrogens with one attached hydrogen (secondary N) is 1. The number of halogens is 5. The minimum atomic E-state index is -2.32. The Balaban J connectivity index is 1.86. The largest absolute Gasteiger partial charge is 0.416 e. The highest BCUT2D eigenvalue weighted by molar-refractivity contribution is 7.14. The summed E-state index contributed by atoms with van der Waals surface area (Å²) in [5.41, 5.74) is 0. The van der Waals surface area contributed by atoms with E-state index in [0.717, 1.165) is 43.7 Å². The second-order valence-electron chi connectivity index (χ2n) is 8.67. The van der Waals surface area contributed by atoms with Gasteiger partial charge in [0.15, 0.2) is 10.7 Å². The predicted molar refractivity (Wildman–Crippen MR) is 115 cm³/mol. The van der Waals surface area contributed by atoms with Gasteiger partial charge in [0, 0.05) is 13.1 Å². The molecule has 0 saturated carbocycles. The number of likely N-dealkylation sites (tertiary alicyclic amines) is 1. The van der Waals surface area contributed by atoms with Crippen LogP contribution in [0.4, 0.5) is 27.8 Å². The molecule has 182 valence electrons. The lowest BCUT2D eigenvalue weighted by Crippen LogP contribution is -2.33. The van der Waals surface area contributed by atoms with E-state index >= 15 is 0 Å². The Hall–Kier alpha value is -2.27. The first-order valence-electron chi connectivity index (χ1n) is 10.8. The first-order valence-corrected chi connectivity index (χ1v) is 11.6. The van der Waals surface area contributed by atoms with Crippen molar-refractivity contribution in [1.29, 1.82) is 0 Å². The molecule has 0 bridgehead atoms. The summed E-state index contributed by atoms with van der Waals surface area (Å²) in [6, 6.07) is 0. The number of benzene rings is 1. The molecule has 0 spiro atoms. The average molecular weight is 492 g/mol. The Morgan fingerprint density at radius 3 is 2.39 bits per heavy atom. The standard InChI is InChI=1S/C22H26F5N3O2S/c1-11(2)6-7-28-21-20(33-13(29-21)10-30-8-4-5-12(3)9-30)22(31)32-19-17(26)15(24)14(23)16(25)18(19)27/h11-12,28H,4-10H2,1-3H3. The van der Waals surface area contributed by atoms with Gasteiger partial charge in [0.25, 0.3) is 0 Å². The molecule has 1 unspecified atom stereocenters. The van der Waals surface area contributed by atoms with Crippen LogP contribution in [0.2, 0.25) is 0 Å². The van der Waals surface area contributed by atoms with Gasteiger partial charge in [-0.1, -0.05) is 20.8 Å². The molecule has 0 aliphatic carbocycles. The fourth-order valence-electron chi connectivity index (χ4n) is 3.60. The van der Waals surface area contributed by atoms with Crippen LogP contribution in [-0.2, 0) is 6.54 Å². The molecule has 1 aliphatic heterocycles.